The molecule has 9 heteroatoms. The second kappa shape index (κ2) is 8.08. The number of rotatable bonds is 7. The Bertz CT molecular complexity index is 1020. The molecule has 0 amide bonds. The molecule has 0 saturated carbocycles. The summed E-state index contributed by atoms with van der Waals surface area (Å²) in [6.07, 6.45) is 1.60. The first kappa shape index (κ1) is 19.3. The van der Waals surface area contributed by atoms with E-state index >= 15 is 0 Å². The van der Waals surface area contributed by atoms with Gasteiger partial charge in [0.1, 0.15) is 0 Å². The summed E-state index contributed by atoms with van der Waals surface area (Å²) < 4.78 is 29.7. The number of sulfonamides is 1. The Balaban J connectivity index is 1.92. The van der Waals surface area contributed by atoms with Crippen molar-refractivity contribution in [2.45, 2.75) is 29.7 Å². The summed E-state index contributed by atoms with van der Waals surface area (Å²) in [5, 5.41) is 8.99. The molecule has 0 fully saturated rings. The van der Waals surface area contributed by atoms with Crippen LogP contribution < -0.4 is 0 Å². The Kier molecular flexibility index (Phi) is 6.01. The van der Waals surface area contributed by atoms with Crippen LogP contribution in [0.4, 0.5) is 0 Å². The molecule has 3 aromatic rings. The topological polar surface area (TPSA) is 67.6 Å². The molecule has 138 valence electrons. The van der Waals surface area contributed by atoms with Gasteiger partial charge in [0.25, 0.3) is 0 Å². The van der Waals surface area contributed by atoms with E-state index in [1.165, 1.54) is 16.1 Å². The van der Waals surface area contributed by atoms with Gasteiger partial charge >= 0.3 is 0 Å². The average Bonchev–Trinajstić information content (AvgIpc) is 3.04. The van der Waals surface area contributed by atoms with Crippen molar-refractivity contribution in [3.05, 3.63) is 52.6 Å². The lowest BCUT2D eigenvalue weighted by Crippen LogP contribution is -2.30. The van der Waals surface area contributed by atoms with E-state index < -0.39 is 10.0 Å². The van der Waals surface area contributed by atoms with Crippen molar-refractivity contribution in [1.82, 2.24) is 18.9 Å². The molecule has 6 nitrogen and oxygen atoms in total. The van der Waals surface area contributed by atoms with Crippen molar-refractivity contribution in [1.29, 1.82) is 0 Å². The quantitative estimate of drug-likeness (QED) is 0.507. The molecule has 1 aromatic carbocycles. The zero-order valence-electron chi connectivity index (χ0n) is 14.5. The van der Waals surface area contributed by atoms with Gasteiger partial charge in [-0.05, 0) is 23.8 Å². The molecule has 0 bridgehead atoms. The summed E-state index contributed by atoms with van der Waals surface area (Å²) in [5.74, 6) is 0.704. The number of nitrogens with zero attached hydrogens (tertiary/aromatic N) is 4. The molecule has 26 heavy (non-hydrogen) atoms. The van der Waals surface area contributed by atoms with Gasteiger partial charge in [0, 0.05) is 29.5 Å². The van der Waals surface area contributed by atoms with Gasteiger partial charge in [-0.25, -0.2) is 8.42 Å². The van der Waals surface area contributed by atoms with Crippen molar-refractivity contribution in [2.24, 2.45) is 0 Å². The molecule has 0 aliphatic heterocycles. The van der Waals surface area contributed by atoms with Crippen LogP contribution in [0.5, 0.6) is 0 Å². The number of halogens is 1. The third-order valence-corrected chi connectivity index (χ3v) is 7.80. The van der Waals surface area contributed by atoms with Crippen LogP contribution in [0.3, 0.4) is 0 Å². The molecule has 0 saturated heterocycles. The van der Waals surface area contributed by atoms with Crippen molar-refractivity contribution < 1.29 is 8.42 Å². The first-order valence-corrected chi connectivity index (χ1v) is 11.4. The molecule has 0 radical (unpaired) electrons. The van der Waals surface area contributed by atoms with Gasteiger partial charge in [0.05, 0.1) is 4.90 Å². The first-order chi connectivity index (χ1) is 12.5. The van der Waals surface area contributed by atoms with E-state index in [0.717, 1.165) is 10.0 Å². The predicted octanol–water partition coefficient (Wildman–Crippen LogP) is 3.81. The molecule has 3 rings (SSSR count). The molecular weight excluding hydrogens is 436 g/mol. The lowest BCUT2D eigenvalue weighted by molar-refractivity contribution is 0.445. The van der Waals surface area contributed by atoms with E-state index in [-0.39, 0.29) is 4.90 Å². The van der Waals surface area contributed by atoms with Gasteiger partial charge in [-0.1, -0.05) is 59.7 Å². The molecule has 0 N–H and O–H groups in total. The minimum absolute atomic E-state index is 0.247. The summed E-state index contributed by atoms with van der Waals surface area (Å²) in [6.45, 7) is 4.53. The second-order valence-electron chi connectivity index (χ2n) is 5.54. The Morgan fingerprint density at radius 3 is 2.54 bits per heavy atom. The van der Waals surface area contributed by atoms with Crippen LogP contribution in [-0.2, 0) is 15.8 Å². The summed E-state index contributed by atoms with van der Waals surface area (Å²) in [6, 6.07) is 11.3. The second-order valence-corrected chi connectivity index (χ2v) is 9.28. The zero-order chi connectivity index (χ0) is 18.7. The summed E-state index contributed by atoms with van der Waals surface area (Å²) in [7, 11) is -3.52. The number of fused-ring (bicyclic) bond motifs is 1. The maximum absolute atomic E-state index is 12.8. The highest BCUT2D eigenvalue weighted by Gasteiger charge is 2.22. The normalized spacial score (nSPS) is 12.2. The third-order valence-electron chi connectivity index (χ3n) is 4.00. The van der Waals surface area contributed by atoms with Gasteiger partial charge in [-0.3, -0.25) is 4.40 Å². The summed E-state index contributed by atoms with van der Waals surface area (Å²) in [5.41, 5.74) is 1.76. The predicted molar refractivity (Wildman–Crippen MR) is 107 cm³/mol. The molecule has 2 heterocycles. The van der Waals surface area contributed by atoms with E-state index in [1.54, 1.807) is 22.7 Å². The molecule has 0 aliphatic rings. The van der Waals surface area contributed by atoms with Crippen molar-refractivity contribution in [3.63, 3.8) is 0 Å². The summed E-state index contributed by atoms with van der Waals surface area (Å²) in [4.78, 5) is 0.247. The van der Waals surface area contributed by atoms with E-state index in [2.05, 4.69) is 26.1 Å². The molecule has 0 unspecified atom stereocenters. The number of hydrogen-bond donors (Lipinski definition) is 0. The van der Waals surface area contributed by atoms with E-state index in [0.29, 0.717) is 29.6 Å². The van der Waals surface area contributed by atoms with Crippen LogP contribution in [0, 0.1) is 0 Å². The number of aromatic nitrogens is 3. The van der Waals surface area contributed by atoms with Crippen molar-refractivity contribution in [2.75, 3.05) is 13.1 Å². The monoisotopic (exact) mass is 454 g/mol. The van der Waals surface area contributed by atoms with Crippen LogP contribution in [0.15, 0.2) is 57.1 Å². The molecule has 0 aliphatic carbocycles. The maximum atomic E-state index is 12.8. The van der Waals surface area contributed by atoms with E-state index in [1.807, 2.05) is 38.1 Å². The van der Waals surface area contributed by atoms with Crippen molar-refractivity contribution in [3.8, 4) is 0 Å². The van der Waals surface area contributed by atoms with Gasteiger partial charge in [0.15, 0.2) is 10.8 Å². The Morgan fingerprint density at radius 1 is 1.12 bits per heavy atom. The SMILES string of the molecule is CCN(CC)S(=O)(=O)c1ccc2nnc(SCc3ccccc3Br)n2c1. The molecule has 0 atom stereocenters. The number of thioether (sulfide) groups is 1. The van der Waals surface area contributed by atoms with Gasteiger partial charge in [-0.2, -0.15) is 4.31 Å². The minimum Gasteiger partial charge on any atom is -0.276 e. The van der Waals surface area contributed by atoms with Gasteiger partial charge < -0.3 is 0 Å². The van der Waals surface area contributed by atoms with E-state index in [4.69, 9.17) is 0 Å². The molecular formula is C17H19BrN4O2S2. The molecule has 2 aromatic heterocycles. The highest BCUT2D eigenvalue weighted by molar-refractivity contribution is 9.10. The number of benzene rings is 1. The minimum atomic E-state index is -3.52. The highest BCUT2D eigenvalue weighted by Crippen LogP contribution is 2.27. The summed E-state index contributed by atoms with van der Waals surface area (Å²) >= 11 is 5.05. The molecule has 0 spiro atoms. The van der Waals surface area contributed by atoms with Crippen molar-refractivity contribution >= 4 is 43.4 Å². The smallest absolute Gasteiger partial charge is 0.244 e. The third kappa shape index (κ3) is 3.80. The zero-order valence-corrected chi connectivity index (χ0v) is 17.7. The van der Waals surface area contributed by atoms with Gasteiger partial charge in [0.2, 0.25) is 10.0 Å². The highest BCUT2D eigenvalue weighted by atomic mass is 79.9. The fourth-order valence-electron chi connectivity index (χ4n) is 2.57. The lowest BCUT2D eigenvalue weighted by Gasteiger charge is -2.18. The van der Waals surface area contributed by atoms with Gasteiger partial charge in [-0.15, -0.1) is 10.2 Å². The van der Waals surface area contributed by atoms with Crippen LogP contribution in [0.25, 0.3) is 5.65 Å². The van der Waals surface area contributed by atoms with E-state index in [9.17, 15) is 8.42 Å². The Hall–Kier alpha value is -1.42. The first-order valence-electron chi connectivity index (χ1n) is 8.18. The van der Waals surface area contributed by atoms with Crippen LogP contribution in [0.2, 0.25) is 0 Å². The van der Waals surface area contributed by atoms with Crippen LogP contribution in [-0.4, -0.2) is 40.4 Å². The van der Waals surface area contributed by atoms with Crippen LogP contribution in [0.1, 0.15) is 19.4 Å². The fourth-order valence-corrected chi connectivity index (χ4v) is 5.56. The van der Waals surface area contributed by atoms with Crippen LogP contribution >= 0.6 is 27.7 Å². The lowest BCUT2D eigenvalue weighted by atomic mass is 10.2. The largest absolute Gasteiger partial charge is 0.276 e. The number of pyridine rings is 1. The fraction of sp³-hybridized carbons (Fsp3) is 0.294. The maximum Gasteiger partial charge on any atom is 0.244 e. The number of hydrogen-bond acceptors (Lipinski definition) is 5. The standard InChI is InChI=1S/C17H19BrN4O2S2/c1-3-21(4-2)26(23,24)14-9-10-16-19-20-17(22(16)11-14)25-12-13-7-5-6-8-15(13)18/h5-11H,3-4,12H2,1-2H3. The Labute approximate surface area is 165 Å². The average molecular weight is 455 g/mol. The Morgan fingerprint density at radius 2 is 1.85 bits per heavy atom.